The quantitative estimate of drug-likeness (QED) is 0.832. The second-order valence-electron chi connectivity index (χ2n) is 6.35. The van der Waals surface area contributed by atoms with Gasteiger partial charge in [-0.25, -0.2) is 4.79 Å². The molecule has 0 amide bonds. The van der Waals surface area contributed by atoms with Gasteiger partial charge in [0.25, 0.3) is 5.56 Å². The molecule has 0 aliphatic carbocycles. The lowest BCUT2D eigenvalue weighted by Gasteiger charge is -2.19. The summed E-state index contributed by atoms with van der Waals surface area (Å²) in [6.07, 6.45) is 0.863. The number of rotatable bonds is 3. The number of nitriles is 1. The van der Waals surface area contributed by atoms with Crippen LogP contribution in [0, 0.1) is 11.3 Å². The van der Waals surface area contributed by atoms with Crippen LogP contribution < -0.4 is 16.6 Å². The van der Waals surface area contributed by atoms with Crippen LogP contribution in [0.15, 0.2) is 45.5 Å². The van der Waals surface area contributed by atoms with Gasteiger partial charge in [0.1, 0.15) is 23.0 Å². The van der Waals surface area contributed by atoms with Crippen LogP contribution in [0.1, 0.15) is 17.5 Å². The molecule has 0 saturated carbocycles. The van der Waals surface area contributed by atoms with Crippen LogP contribution in [0.25, 0.3) is 5.76 Å². The average Bonchev–Trinajstić information content (AvgIpc) is 2.78. The molecule has 0 radical (unpaired) electrons. The van der Waals surface area contributed by atoms with E-state index in [0.29, 0.717) is 12.8 Å². The fourth-order valence-electron chi connectivity index (χ4n) is 3.14. The molecule has 0 saturated heterocycles. The number of aliphatic hydroxyl groups is 1. The molecule has 27 heavy (non-hydrogen) atoms. The van der Waals surface area contributed by atoms with Crippen molar-refractivity contribution in [2.45, 2.75) is 18.9 Å². The van der Waals surface area contributed by atoms with Crippen molar-refractivity contribution in [1.29, 1.82) is 5.26 Å². The van der Waals surface area contributed by atoms with Crippen LogP contribution in [-0.2, 0) is 25.3 Å². The molecule has 2 heterocycles. The highest BCUT2D eigenvalue weighted by Crippen LogP contribution is 2.27. The third kappa shape index (κ3) is 3.04. The minimum atomic E-state index is -0.860. The molecule has 1 aliphatic rings. The number of hydrogen-bond acceptors (Lipinski definition) is 6. The van der Waals surface area contributed by atoms with Gasteiger partial charge in [-0.1, -0.05) is 30.3 Å². The van der Waals surface area contributed by atoms with E-state index in [0.717, 1.165) is 14.7 Å². The van der Waals surface area contributed by atoms with Gasteiger partial charge in [0.05, 0.1) is 6.04 Å². The van der Waals surface area contributed by atoms with E-state index in [1.54, 1.807) is 6.07 Å². The smallest absolute Gasteiger partial charge is 0.332 e. The van der Waals surface area contributed by atoms with Crippen LogP contribution in [0.2, 0.25) is 0 Å². The fourth-order valence-corrected chi connectivity index (χ4v) is 3.14. The van der Waals surface area contributed by atoms with E-state index in [1.807, 2.05) is 30.3 Å². The Morgan fingerprint density at radius 2 is 1.81 bits per heavy atom. The lowest BCUT2D eigenvalue weighted by Crippen LogP contribution is -2.41. The van der Waals surface area contributed by atoms with Gasteiger partial charge in [-0.3, -0.25) is 18.7 Å². The minimum absolute atomic E-state index is 0.0252. The van der Waals surface area contributed by atoms with Crippen molar-refractivity contribution >= 4 is 17.4 Å². The van der Waals surface area contributed by atoms with Crippen molar-refractivity contribution in [3.05, 3.63) is 67.9 Å². The summed E-state index contributed by atoms with van der Waals surface area (Å²) in [5.41, 5.74) is -1.13. The number of ketones is 1. The summed E-state index contributed by atoms with van der Waals surface area (Å²) < 4.78 is 1.97. The van der Waals surface area contributed by atoms with E-state index in [4.69, 9.17) is 0 Å². The molecule has 0 fully saturated rings. The zero-order valence-corrected chi connectivity index (χ0v) is 14.9. The molecule has 2 aromatic rings. The van der Waals surface area contributed by atoms with E-state index in [9.17, 15) is 24.8 Å². The second-order valence-corrected chi connectivity index (χ2v) is 6.35. The third-order valence-corrected chi connectivity index (χ3v) is 4.69. The second kappa shape index (κ2) is 6.96. The molecule has 8 heteroatoms. The van der Waals surface area contributed by atoms with Crippen molar-refractivity contribution < 1.29 is 9.90 Å². The molecule has 0 bridgehead atoms. The molecule has 2 N–H and O–H groups in total. The monoisotopic (exact) mass is 366 g/mol. The normalized spacial score (nSPS) is 16.3. The molecule has 3 rings (SSSR count). The van der Waals surface area contributed by atoms with Crippen molar-refractivity contribution in [3.63, 3.8) is 0 Å². The van der Waals surface area contributed by atoms with Crippen molar-refractivity contribution in [2.75, 3.05) is 5.32 Å². The predicted molar refractivity (Wildman–Crippen MR) is 99.3 cm³/mol. The number of carbonyl (C=O) groups excluding carboxylic acids is 1. The van der Waals surface area contributed by atoms with Crippen LogP contribution in [-0.4, -0.2) is 26.1 Å². The molecular weight excluding hydrogens is 348 g/mol. The molecule has 138 valence electrons. The lowest BCUT2D eigenvalue weighted by molar-refractivity contribution is -0.116. The van der Waals surface area contributed by atoms with Gasteiger partial charge in [-0.2, -0.15) is 5.26 Å². The molecule has 1 aromatic carbocycles. The number of aliphatic hydroxyl groups excluding tert-OH is 1. The zero-order chi connectivity index (χ0) is 19.7. The van der Waals surface area contributed by atoms with Crippen molar-refractivity contribution in [1.82, 2.24) is 9.13 Å². The maximum Gasteiger partial charge on any atom is 0.332 e. The van der Waals surface area contributed by atoms with Gasteiger partial charge in [0, 0.05) is 14.1 Å². The largest absolute Gasteiger partial charge is 0.505 e. The van der Waals surface area contributed by atoms with E-state index in [-0.39, 0.29) is 11.4 Å². The van der Waals surface area contributed by atoms with Gasteiger partial charge < -0.3 is 10.4 Å². The predicted octanol–water partition coefficient (Wildman–Crippen LogP) is 0.873. The fraction of sp³-hybridized carbons (Fsp3) is 0.263. The number of hydrogen-bond donors (Lipinski definition) is 2. The third-order valence-electron chi connectivity index (χ3n) is 4.69. The summed E-state index contributed by atoms with van der Waals surface area (Å²) in [7, 11) is 2.70. The summed E-state index contributed by atoms with van der Waals surface area (Å²) in [6.45, 7) is 0. The van der Waals surface area contributed by atoms with Crippen molar-refractivity contribution in [3.8, 4) is 6.07 Å². The number of Topliss-reactive ketones (excluding diaryl/α,β-unsaturated/α-hetero) is 1. The molecule has 0 spiro atoms. The Morgan fingerprint density at radius 3 is 2.44 bits per heavy atom. The zero-order valence-electron chi connectivity index (χ0n) is 14.9. The Balaban J connectivity index is 2.12. The highest BCUT2D eigenvalue weighted by Gasteiger charge is 2.34. The molecule has 1 aliphatic heterocycles. The molecule has 0 unspecified atom stereocenters. The maximum absolute atomic E-state index is 12.8. The van der Waals surface area contributed by atoms with E-state index < -0.39 is 34.4 Å². The van der Waals surface area contributed by atoms with E-state index in [2.05, 4.69) is 5.32 Å². The van der Waals surface area contributed by atoms with Gasteiger partial charge in [-0.15, -0.1) is 0 Å². The van der Waals surface area contributed by atoms with E-state index in [1.165, 1.54) is 14.1 Å². The highest BCUT2D eigenvalue weighted by atomic mass is 16.3. The van der Waals surface area contributed by atoms with Gasteiger partial charge >= 0.3 is 5.69 Å². The Morgan fingerprint density at radius 1 is 1.15 bits per heavy atom. The Kier molecular flexibility index (Phi) is 4.69. The molecule has 1 aromatic heterocycles. The average molecular weight is 366 g/mol. The van der Waals surface area contributed by atoms with Crippen LogP contribution in [0.4, 0.5) is 5.82 Å². The Bertz CT molecular complexity index is 1100. The molecular formula is C19H18N4O4. The van der Waals surface area contributed by atoms with Gasteiger partial charge in [0.15, 0.2) is 11.5 Å². The number of fused-ring (bicyclic) bond motifs is 1. The number of nitrogens with zero attached hydrogens (tertiary/aromatic N) is 3. The standard InChI is InChI=1S/C19H18N4O4/c1-22-17-14(18(26)23(2)19(22)27)16(25)12(10-20)15(24)13(21-17)9-8-11-6-4-3-5-7-11/h3-7,13,21,25H,8-9H2,1-2H3/t13-/m1/s1. The summed E-state index contributed by atoms with van der Waals surface area (Å²) in [4.78, 5) is 37.5. The molecule has 1 atom stereocenters. The highest BCUT2D eigenvalue weighted by molar-refractivity contribution is 6.11. The first-order valence-electron chi connectivity index (χ1n) is 8.35. The SMILES string of the molecule is Cn1c2c(c(=O)n(C)c1=O)C(O)=C(C#N)C(=O)[C@@H](CCc1ccccc1)N2. The summed E-state index contributed by atoms with van der Waals surface area (Å²) in [5, 5.41) is 22.7. The summed E-state index contributed by atoms with van der Waals surface area (Å²) >= 11 is 0. The van der Waals surface area contributed by atoms with Crippen LogP contribution in [0.3, 0.4) is 0 Å². The summed E-state index contributed by atoms with van der Waals surface area (Å²) in [5.74, 6) is -1.29. The van der Waals surface area contributed by atoms with Crippen molar-refractivity contribution in [2.24, 2.45) is 14.1 Å². The van der Waals surface area contributed by atoms with Crippen LogP contribution in [0.5, 0.6) is 0 Å². The number of anilines is 1. The number of aromatic nitrogens is 2. The van der Waals surface area contributed by atoms with Crippen LogP contribution >= 0.6 is 0 Å². The number of nitrogens with one attached hydrogen (secondary N) is 1. The minimum Gasteiger partial charge on any atom is -0.505 e. The lowest BCUT2D eigenvalue weighted by atomic mass is 9.98. The van der Waals surface area contributed by atoms with Gasteiger partial charge in [0.2, 0.25) is 0 Å². The number of aryl methyl sites for hydroxylation is 1. The maximum atomic E-state index is 12.8. The number of benzene rings is 1. The Labute approximate surface area is 154 Å². The molecule has 8 nitrogen and oxygen atoms in total. The summed E-state index contributed by atoms with van der Waals surface area (Å²) in [6, 6.07) is 10.3. The van der Waals surface area contributed by atoms with E-state index >= 15 is 0 Å². The van der Waals surface area contributed by atoms with Gasteiger partial charge in [-0.05, 0) is 18.4 Å². The topological polar surface area (TPSA) is 117 Å². The first-order chi connectivity index (χ1) is 12.9. The first-order valence-corrected chi connectivity index (χ1v) is 8.35. The first kappa shape index (κ1) is 18.2. The number of carbonyl (C=O) groups is 1. The Hall–Kier alpha value is -3.60.